The Balaban J connectivity index is 1.59. The smallest absolute Gasteiger partial charge is 0.320 e. The van der Waals surface area contributed by atoms with Crippen molar-refractivity contribution in [3.63, 3.8) is 0 Å². The summed E-state index contributed by atoms with van der Waals surface area (Å²) in [5.41, 5.74) is 2.79. The van der Waals surface area contributed by atoms with Crippen LogP contribution in [0, 0.1) is 17.2 Å². The minimum absolute atomic E-state index is 0.136. The number of likely N-dealkylation sites (tertiary alicyclic amines) is 2. The molecule has 0 saturated carbocycles. The lowest BCUT2D eigenvalue weighted by Crippen LogP contribution is -2.48. The molecule has 2 amide bonds. The number of amides is 2. The van der Waals surface area contributed by atoms with Crippen molar-refractivity contribution in [3.8, 4) is 6.07 Å². The molecule has 0 aliphatic carbocycles. The van der Waals surface area contributed by atoms with Crippen LogP contribution in [0.15, 0.2) is 34.7 Å². The molecule has 1 aromatic carbocycles. The maximum Gasteiger partial charge on any atom is 0.320 e. The van der Waals surface area contributed by atoms with Gasteiger partial charge < -0.3 is 14.5 Å². The van der Waals surface area contributed by atoms with Gasteiger partial charge in [-0.3, -0.25) is 0 Å². The molecular weight excluding hydrogens is 394 g/mol. The largest absolute Gasteiger partial charge is 0.384 e. The molecule has 0 N–H and O–H groups in total. The second kappa shape index (κ2) is 10.2. The fraction of sp³-hybridized carbons (Fsp3) is 0.524. The number of carbonyl (C=O) groups is 1. The summed E-state index contributed by atoms with van der Waals surface area (Å²) in [6.07, 6.45) is 3.52. The Morgan fingerprint density at radius 1 is 1.18 bits per heavy atom. The summed E-state index contributed by atoms with van der Waals surface area (Å²) in [5, 5.41) is 9.67. The Labute approximate surface area is 175 Å². The van der Waals surface area contributed by atoms with E-state index in [1.807, 2.05) is 34.1 Å². The van der Waals surface area contributed by atoms with E-state index in [0.717, 1.165) is 67.0 Å². The van der Waals surface area contributed by atoms with E-state index in [4.69, 9.17) is 15.4 Å². The van der Waals surface area contributed by atoms with Gasteiger partial charge in [-0.1, -0.05) is 12.1 Å². The van der Waals surface area contributed by atoms with Crippen LogP contribution in [0.1, 0.15) is 31.2 Å². The number of urea groups is 1. The zero-order valence-electron chi connectivity index (χ0n) is 16.2. The lowest BCUT2D eigenvalue weighted by atomic mass is 9.94. The summed E-state index contributed by atoms with van der Waals surface area (Å²) in [7, 11) is 8.67. The molecule has 150 valence electrons. The van der Waals surface area contributed by atoms with E-state index in [2.05, 4.69) is 6.07 Å². The number of halogens is 1. The average molecular weight is 420 g/mol. The van der Waals surface area contributed by atoms with Crippen molar-refractivity contribution in [2.45, 2.75) is 30.6 Å². The third-order valence-corrected chi connectivity index (χ3v) is 6.61. The molecule has 28 heavy (non-hydrogen) atoms. The minimum atomic E-state index is 0.136. The number of allylic oxidation sites excluding steroid dienone is 1. The maximum atomic E-state index is 12.8. The molecular formula is C21H26ClN3O2S. The first kappa shape index (κ1) is 21.0. The van der Waals surface area contributed by atoms with Gasteiger partial charge in [0.1, 0.15) is 0 Å². The monoisotopic (exact) mass is 419 g/mol. The van der Waals surface area contributed by atoms with Gasteiger partial charge in [-0.2, -0.15) is 5.26 Å². The van der Waals surface area contributed by atoms with Crippen molar-refractivity contribution in [1.82, 2.24) is 9.80 Å². The third-order valence-electron chi connectivity index (χ3n) is 5.62. The van der Waals surface area contributed by atoms with E-state index in [0.29, 0.717) is 19.0 Å². The SMILES string of the molecule is COCC1CCN(C(=O)N2CCC(=C(C#N)c3ccc(SCl)cc3)CC2)CC1. The summed E-state index contributed by atoms with van der Waals surface area (Å²) in [5.74, 6) is 0.562. The molecule has 1 aromatic rings. The van der Waals surface area contributed by atoms with Crippen molar-refractivity contribution < 1.29 is 9.53 Å². The summed E-state index contributed by atoms with van der Waals surface area (Å²) in [6, 6.07) is 10.2. The average Bonchev–Trinajstić information content (AvgIpc) is 2.75. The van der Waals surface area contributed by atoms with Crippen molar-refractivity contribution >= 4 is 33.3 Å². The van der Waals surface area contributed by atoms with Gasteiger partial charge in [0.2, 0.25) is 0 Å². The van der Waals surface area contributed by atoms with E-state index in [1.54, 1.807) is 7.11 Å². The molecule has 0 spiro atoms. The van der Waals surface area contributed by atoms with Crippen LogP contribution in [-0.4, -0.2) is 55.7 Å². The fourth-order valence-electron chi connectivity index (χ4n) is 3.97. The highest BCUT2D eigenvalue weighted by Crippen LogP contribution is 2.29. The Morgan fingerprint density at radius 2 is 1.79 bits per heavy atom. The number of piperidine rings is 2. The second-order valence-corrected chi connectivity index (χ2v) is 8.44. The predicted octanol–water partition coefficient (Wildman–Crippen LogP) is 4.78. The van der Waals surface area contributed by atoms with Crippen LogP contribution in [0.25, 0.3) is 5.57 Å². The molecule has 2 saturated heterocycles. The fourth-order valence-corrected chi connectivity index (χ4v) is 4.51. The normalized spacial score (nSPS) is 18.1. The molecule has 0 radical (unpaired) electrons. The molecule has 2 aliphatic heterocycles. The van der Waals surface area contributed by atoms with E-state index in [1.165, 1.54) is 11.0 Å². The second-order valence-electron chi connectivity index (χ2n) is 7.35. The van der Waals surface area contributed by atoms with E-state index >= 15 is 0 Å². The summed E-state index contributed by atoms with van der Waals surface area (Å²) < 4.78 is 5.23. The number of hydrogen-bond donors (Lipinski definition) is 0. The molecule has 2 heterocycles. The van der Waals surface area contributed by atoms with Gasteiger partial charge in [0, 0.05) is 44.8 Å². The van der Waals surface area contributed by atoms with Crippen LogP contribution < -0.4 is 0 Å². The van der Waals surface area contributed by atoms with Gasteiger partial charge in [-0.25, -0.2) is 4.79 Å². The molecule has 0 bridgehead atoms. The Morgan fingerprint density at radius 3 is 2.32 bits per heavy atom. The maximum absolute atomic E-state index is 12.8. The van der Waals surface area contributed by atoms with Gasteiger partial charge in [0.25, 0.3) is 0 Å². The lowest BCUT2D eigenvalue weighted by Gasteiger charge is -2.37. The van der Waals surface area contributed by atoms with Crippen LogP contribution >= 0.6 is 21.7 Å². The topological polar surface area (TPSA) is 56.6 Å². The van der Waals surface area contributed by atoms with Crippen molar-refractivity contribution in [2.75, 3.05) is 39.9 Å². The summed E-state index contributed by atoms with van der Waals surface area (Å²) in [6.45, 7) is 3.74. The molecule has 0 unspecified atom stereocenters. The number of carbonyl (C=O) groups excluding carboxylic acids is 1. The third kappa shape index (κ3) is 5.02. The van der Waals surface area contributed by atoms with Crippen LogP contribution in [0.5, 0.6) is 0 Å². The summed E-state index contributed by atoms with van der Waals surface area (Å²) in [4.78, 5) is 17.7. The number of benzene rings is 1. The Bertz CT molecular complexity index is 742. The first-order chi connectivity index (χ1) is 13.7. The lowest BCUT2D eigenvalue weighted by molar-refractivity contribution is 0.0938. The van der Waals surface area contributed by atoms with Gasteiger partial charge in [0.15, 0.2) is 0 Å². The number of nitriles is 1. The molecule has 0 atom stereocenters. The van der Waals surface area contributed by atoms with Crippen LogP contribution in [0.4, 0.5) is 4.79 Å². The molecule has 2 aliphatic rings. The number of methoxy groups -OCH3 is 1. The Kier molecular flexibility index (Phi) is 7.66. The van der Waals surface area contributed by atoms with E-state index in [9.17, 15) is 10.1 Å². The molecule has 0 aromatic heterocycles. The number of rotatable bonds is 4. The zero-order chi connectivity index (χ0) is 19.9. The number of nitrogens with zero attached hydrogens (tertiary/aromatic N) is 3. The first-order valence-electron chi connectivity index (χ1n) is 9.70. The van der Waals surface area contributed by atoms with Crippen LogP contribution in [0.3, 0.4) is 0 Å². The van der Waals surface area contributed by atoms with Gasteiger partial charge >= 0.3 is 6.03 Å². The number of hydrogen-bond acceptors (Lipinski definition) is 4. The highest BCUT2D eigenvalue weighted by Gasteiger charge is 2.28. The zero-order valence-corrected chi connectivity index (χ0v) is 17.8. The number of ether oxygens (including phenoxy) is 1. The van der Waals surface area contributed by atoms with Crippen LogP contribution in [0.2, 0.25) is 0 Å². The Hall–Kier alpha value is -1.68. The summed E-state index contributed by atoms with van der Waals surface area (Å²) >= 11 is 0. The minimum Gasteiger partial charge on any atom is -0.384 e. The highest BCUT2D eigenvalue weighted by atomic mass is 35.7. The quantitative estimate of drug-likeness (QED) is 0.658. The molecule has 3 rings (SSSR count). The highest BCUT2D eigenvalue weighted by molar-refractivity contribution is 8.21. The van der Waals surface area contributed by atoms with Gasteiger partial charge in [-0.05, 0) is 76.5 Å². The molecule has 7 heteroatoms. The first-order valence-corrected chi connectivity index (χ1v) is 11.3. The van der Waals surface area contributed by atoms with Gasteiger partial charge in [-0.15, -0.1) is 0 Å². The standard InChI is InChI=1S/C21H26ClN3O2S/c1-27-15-16-6-10-24(11-7-16)21(26)25-12-8-18(9-13-25)20(14-23)17-2-4-19(28-22)5-3-17/h2-5,16H,6-13,15H2,1H3. The van der Waals surface area contributed by atoms with Crippen molar-refractivity contribution in [3.05, 3.63) is 35.4 Å². The van der Waals surface area contributed by atoms with E-state index < -0.39 is 0 Å². The van der Waals surface area contributed by atoms with Crippen LogP contribution in [-0.2, 0) is 4.74 Å². The predicted molar refractivity (Wildman–Crippen MR) is 113 cm³/mol. The van der Waals surface area contributed by atoms with Crippen molar-refractivity contribution in [1.29, 1.82) is 5.26 Å². The van der Waals surface area contributed by atoms with Crippen molar-refractivity contribution in [2.24, 2.45) is 5.92 Å². The van der Waals surface area contributed by atoms with E-state index in [-0.39, 0.29) is 6.03 Å². The molecule has 2 fully saturated rings. The van der Waals surface area contributed by atoms with Gasteiger partial charge in [0.05, 0.1) is 11.6 Å². The molecule has 5 nitrogen and oxygen atoms in total.